The first-order valence-corrected chi connectivity index (χ1v) is 21.1. The Morgan fingerprint density at radius 3 is 2.45 bits per heavy atom. The van der Waals surface area contributed by atoms with E-state index in [2.05, 4.69) is 15.4 Å². The molecule has 5 amide bonds. The van der Waals surface area contributed by atoms with Crippen LogP contribution in [0.1, 0.15) is 101 Å². The Morgan fingerprint density at radius 2 is 1.81 bits per heavy atom. The normalized spacial score (nSPS) is 30.4. The molecule has 14 nitrogen and oxygen atoms in total. The summed E-state index contributed by atoms with van der Waals surface area (Å²) >= 11 is 0. The number of rotatable bonds is 7. The lowest BCUT2D eigenvalue weighted by Gasteiger charge is -2.35. The van der Waals surface area contributed by atoms with E-state index < -0.39 is 97.8 Å². The molecule has 1 aromatic carbocycles. The Balaban J connectivity index is 0.00000331. The summed E-state index contributed by atoms with van der Waals surface area (Å²) in [4.78, 5) is 72.0. The van der Waals surface area contributed by atoms with Crippen molar-refractivity contribution < 1.29 is 63.7 Å². The van der Waals surface area contributed by atoms with E-state index in [1.54, 1.807) is 19.1 Å². The Hall–Kier alpha value is -4.42. The number of alkyl carbamates (subject to hydrolysis) is 1. The third-order valence-electron chi connectivity index (χ3n) is 12.4. The van der Waals surface area contributed by atoms with Crippen LogP contribution < -0.4 is 15.4 Å². The van der Waals surface area contributed by atoms with Crippen molar-refractivity contribution in [2.24, 2.45) is 17.8 Å². The van der Waals surface area contributed by atoms with Gasteiger partial charge in [-0.05, 0) is 82.8 Å². The topological polar surface area (TPSA) is 181 Å². The predicted molar refractivity (Wildman–Crippen MR) is 206 cm³/mol. The van der Waals surface area contributed by atoms with Gasteiger partial charge in [0.2, 0.25) is 27.4 Å². The summed E-state index contributed by atoms with van der Waals surface area (Å²) in [5.41, 5.74) is -3.73. The van der Waals surface area contributed by atoms with Gasteiger partial charge in [-0.3, -0.25) is 24.0 Å². The average molecular weight is 848 g/mol. The average Bonchev–Trinajstić information content (AvgIpc) is 3.92. The highest BCUT2D eigenvalue weighted by Crippen LogP contribution is 2.48. The molecule has 19 heteroatoms. The molecule has 0 unspecified atom stereocenters. The van der Waals surface area contributed by atoms with Crippen molar-refractivity contribution in [3.8, 4) is 0 Å². The Labute approximate surface area is 339 Å². The summed E-state index contributed by atoms with van der Waals surface area (Å²) in [6.45, 7) is 6.07. The van der Waals surface area contributed by atoms with Crippen LogP contribution in [0.15, 0.2) is 30.4 Å². The smallest absolute Gasteiger partial charge is 0.427 e. The van der Waals surface area contributed by atoms with Gasteiger partial charge in [0.15, 0.2) is 0 Å². The maximum atomic E-state index is 14.8. The first-order valence-electron chi connectivity index (χ1n) is 19.6. The molecule has 2 saturated carbocycles. The van der Waals surface area contributed by atoms with E-state index in [1.165, 1.54) is 24.0 Å². The number of hydrogen-bond acceptors (Lipinski definition) is 9. The fraction of sp³-hybridized carbons (Fsp3) is 0.667. The molecule has 5 aliphatic rings. The second kappa shape index (κ2) is 15.6. The van der Waals surface area contributed by atoms with Crippen molar-refractivity contribution in [1.29, 1.82) is 0 Å². The molecule has 0 spiro atoms. The Kier molecular flexibility index (Phi) is 11.6. The fourth-order valence-electron chi connectivity index (χ4n) is 7.99. The molecule has 0 bridgehead atoms. The predicted octanol–water partition coefficient (Wildman–Crippen LogP) is 5.70. The van der Waals surface area contributed by atoms with Gasteiger partial charge in [0.05, 0.1) is 17.8 Å². The number of benzene rings is 1. The number of allylic oxidation sites excluding steroid dienone is 1. The number of fused-ring (bicyclic) bond motifs is 3. The molecule has 6 rings (SSSR count). The number of alkyl halides is 3. The molecule has 3 heterocycles. The molecule has 0 aromatic heterocycles. The molecular formula is C39H57F4N5O9S. The maximum absolute atomic E-state index is 14.8. The Morgan fingerprint density at radius 1 is 1.10 bits per heavy atom. The summed E-state index contributed by atoms with van der Waals surface area (Å²) in [6.07, 6.45) is -2.69. The standard InChI is InChI=1S/C39H51F4N5O9S.3H2/c1-6-23-16-22(2)10-7-8-12-25-18-38(25,33(51)46-58(54,55)37(5)14-15-37)45-31(49)29-17-26(56-35(53)47-19-24-11-9-13-28(40)27(24)21-47)20-48(29)32(50)30(23)44-34(52)57-36(3,4)39(41,42)43;;;/h8-9,11-13,22-23,25-26,29-30H,6-7,10,14-21H2,1-5H3,(H,44,52)(H,45,49)(H,46,51);3*1H/b12-8-;;;/t22-,23+,25+,26+,29-,30-,38+;;;/m0.../s1. The minimum absolute atomic E-state index is 0. The van der Waals surface area contributed by atoms with Gasteiger partial charge in [-0.25, -0.2) is 22.4 Å². The quantitative estimate of drug-likeness (QED) is 0.229. The Bertz CT molecular complexity index is 1990. The highest BCUT2D eigenvalue weighted by atomic mass is 32.2. The van der Waals surface area contributed by atoms with E-state index >= 15 is 0 Å². The molecule has 1 saturated heterocycles. The lowest BCUT2D eigenvalue weighted by atomic mass is 9.85. The van der Waals surface area contributed by atoms with Gasteiger partial charge in [-0.15, -0.1) is 0 Å². The van der Waals surface area contributed by atoms with E-state index in [-0.39, 0.29) is 49.1 Å². The van der Waals surface area contributed by atoms with Crippen molar-refractivity contribution in [3.63, 3.8) is 0 Å². The zero-order valence-electron chi connectivity index (χ0n) is 33.1. The largest absolute Gasteiger partial charge is 0.444 e. The van der Waals surface area contributed by atoms with Crippen molar-refractivity contribution in [3.05, 3.63) is 47.3 Å². The SMILES string of the molecule is CC[C@@H]1C[C@@H](C)CC/C=C\[C@@H]2C[C@@]2(C(=O)NS(=O)(=O)C2(C)CC2)NC(=O)[C@@H]2C[C@@H](OC(=O)N3Cc4cccc(F)c4C3)CN2C(=O)[C@H]1NC(=O)OC(C)(C)C(F)(F)F.[HH].[HH].[HH]. The van der Waals surface area contributed by atoms with Crippen molar-refractivity contribution in [1.82, 2.24) is 25.2 Å². The highest BCUT2D eigenvalue weighted by molar-refractivity contribution is 7.91. The third-order valence-corrected chi connectivity index (χ3v) is 14.5. The van der Waals surface area contributed by atoms with Crippen LogP contribution in [0.4, 0.5) is 27.2 Å². The molecule has 3 N–H and O–H groups in total. The lowest BCUT2D eigenvalue weighted by Crippen LogP contribution is -2.60. The van der Waals surface area contributed by atoms with E-state index in [0.29, 0.717) is 57.1 Å². The van der Waals surface area contributed by atoms with Crippen LogP contribution in [0.3, 0.4) is 0 Å². The molecule has 3 aliphatic heterocycles. The van der Waals surface area contributed by atoms with Gasteiger partial charge in [0.25, 0.3) is 5.91 Å². The summed E-state index contributed by atoms with van der Waals surface area (Å²) in [5, 5.41) is 5.08. The molecule has 3 fully saturated rings. The van der Waals surface area contributed by atoms with Gasteiger partial charge in [-0.2, -0.15) is 13.2 Å². The minimum Gasteiger partial charge on any atom is -0.444 e. The summed E-state index contributed by atoms with van der Waals surface area (Å²) in [6, 6.07) is 1.50. The number of carbonyl (C=O) groups excluding carboxylic acids is 5. The van der Waals surface area contributed by atoms with Gasteiger partial charge in [-0.1, -0.05) is 44.6 Å². The number of ether oxygens (including phenoxy) is 2. The van der Waals surface area contributed by atoms with E-state index in [1.807, 2.05) is 13.0 Å². The van der Waals surface area contributed by atoms with Gasteiger partial charge in [0, 0.05) is 28.7 Å². The van der Waals surface area contributed by atoms with E-state index in [0.717, 1.165) is 4.90 Å². The second-order valence-electron chi connectivity index (χ2n) is 17.2. The number of carbonyl (C=O) groups is 5. The van der Waals surface area contributed by atoms with Crippen LogP contribution in [0.25, 0.3) is 0 Å². The van der Waals surface area contributed by atoms with Gasteiger partial charge >= 0.3 is 18.4 Å². The van der Waals surface area contributed by atoms with Crippen molar-refractivity contribution >= 4 is 39.9 Å². The third kappa shape index (κ3) is 8.64. The number of nitrogens with one attached hydrogen (secondary N) is 3. The molecule has 0 radical (unpaired) electrons. The molecule has 7 atom stereocenters. The van der Waals surface area contributed by atoms with Crippen molar-refractivity contribution in [2.45, 2.75) is 139 Å². The number of hydrogen-bond donors (Lipinski definition) is 3. The minimum atomic E-state index is -4.95. The second-order valence-corrected chi connectivity index (χ2v) is 19.4. The van der Waals surface area contributed by atoms with Gasteiger partial charge < -0.3 is 25.0 Å². The van der Waals surface area contributed by atoms with Crippen LogP contribution in [0.2, 0.25) is 0 Å². The van der Waals surface area contributed by atoms with E-state index in [9.17, 15) is 50.0 Å². The fourth-order valence-corrected chi connectivity index (χ4v) is 9.30. The zero-order chi connectivity index (χ0) is 42.6. The van der Waals surface area contributed by atoms with Crippen LogP contribution in [-0.4, -0.2) is 94.9 Å². The van der Waals surface area contributed by atoms with E-state index in [4.69, 9.17) is 9.47 Å². The lowest BCUT2D eigenvalue weighted by molar-refractivity contribution is -0.244. The first kappa shape index (κ1) is 43.2. The molecule has 2 aliphatic carbocycles. The summed E-state index contributed by atoms with van der Waals surface area (Å²) in [7, 11) is -4.11. The molecule has 1 aromatic rings. The van der Waals surface area contributed by atoms with Crippen LogP contribution in [-0.2, 0) is 47.0 Å². The van der Waals surface area contributed by atoms with Crippen LogP contribution in [0, 0.1) is 23.6 Å². The number of nitrogens with zero attached hydrogens (tertiary/aromatic N) is 2. The first-order chi connectivity index (χ1) is 27.0. The van der Waals surface area contributed by atoms with Gasteiger partial charge in [0.1, 0.15) is 29.5 Å². The number of sulfonamides is 1. The molecular weight excluding hydrogens is 791 g/mol. The van der Waals surface area contributed by atoms with Crippen LogP contribution >= 0.6 is 0 Å². The maximum Gasteiger partial charge on any atom is 0.427 e. The number of amides is 5. The van der Waals surface area contributed by atoms with Crippen molar-refractivity contribution in [2.75, 3.05) is 6.54 Å². The highest BCUT2D eigenvalue weighted by Gasteiger charge is 2.63. The summed E-state index contributed by atoms with van der Waals surface area (Å²) < 4.78 is 93.6. The monoisotopic (exact) mass is 847 g/mol. The van der Waals surface area contributed by atoms with Crippen LogP contribution in [0.5, 0.6) is 0 Å². The molecule has 58 heavy (non-hydrogen) atoms. The number of halogens is 4. The molecule has 326 valence electrons. The summed E-state index contributed by atoms with van der Waals surface area (Å²) in [5.74, 6) is -4.50. The zero-order valence-corrected chi connectivity index (χ0v) is 33.9.